The molecule has 0 aromatic heterocycles. The van der Waals surface area contributed by atoms with Crippen LogP contribution in [0.4, 0.5) is 11.4 Å². The van der Waals surface area contributed by atoms with Crippen molar-refractivity contribution in [1.82, 2.24) is 0 Å². The summed E-state index contributed by atoms with van der Waals surface area (Å²) in [6.07, 6.45) is 0. The van der Waals surface area contributed by atoms with Crippen LogP contribution in [0.15, 0.2) is 53.0 Å². The molecule has 2 nitrogen and oxygen atoms in total. The summed E-state index contributed by atoms with van der Waals surface area (Å²) in [6.45, 7) is 0.582. The summed E-state index contributed by atoms with van der Waals surface area (Å²) in [4.78, 5) is 2.14. The first kappa shape index (κ1) is 12.1. The molecule has 0 saturated heterocycles. The van der Waals surface area contributed by atoms with Crippen molar-refractivity contribution in [2.24, 2.45) is 5.73 Å². The van der Waals surface area contributed by atoms with Crippen LogP contribution in [0, 0.1) is 0 Å². The molecule has 0 spiro atoms. The molecule has 3 heteroatoms. The predicted octanol–water partition coefficient (Wildman–Crippen LogP) is 3.68. The highest BCUT2D eigenvalue weighted by molar-refractivity contribution is 9.10. The Balaban J connectivity index is 2.30. The maximum atomic E-state index is 5.59. The number of benzene rings is 2. The number of para-hydroxylation sites is 1. The first-order valence-electron chi connectivity index (χ1n) is 5.49. The van der Waals surface area contributed by atoms with Gasteiger partial charge in [-0.15, -0.1) is 0 Å². The van der Waals surface area contributed by atoms with Gasteiger partial charge in [0.1, 0.15) is 0 Å². The van der Waals surface area contributed by atoms with E-state index in [4.69, 9.17) is 5.73 Å². The Bertz CT molecular complexity index is 494. The SMILES string of the molecule is CN(c1ccc(CN)cc1)c1ccccc1Br. The molecule has 0 saturated carbocycles. The van der Waals surface area contributed by atoms with Crippen molar-refractivity contribution in [3.63, 3.8) is 0 Å². The Morgan fingerprint density at radius 2 is 1.71 bits per heavy atom. The molecule has 0 bridgehead atoms. The van der Waals surface area contributed by atoms with Crippen LogP contribution in [0.3, 0.4) is 0 Å². The fraction of sp³-hybridized carbons (Fsp3) is 0.143. The Labute approximate surface area is 110 Å². The summed E-state index contributed by atoms with van der Waals surface area (Å²) in [7, 11) is 2.05. The van der Waals surface area contributed by atoms with E-state index in [0.717, 1.165) is 21.4 Å². The van der Waals surface area contributed by atoms with Crippen LogP contribution in [0.1, 0.15) is 5.56 Å². The van der Waals surface area contributed by atoms with Gasteiger partial charge in [0.25, 0.3) is 0 Å². The maximum Gasteiger partial charge on any atom is 0.0552 e. The van der Waals surface area contributed by atoms with Gasteiger partial charge in [0.05, 0.1) is 5.69 Å². The van der Waals surface area contributed by atoms with Gasteiger partial charge in [0, 0.05) is 23.8 Å². The summed E-state index contributed by atoms with van der Waals surface area (Å²) in [5.74, 6) is 0. The van der Waals surface area contributed by atoms with Crippen LogP contribution < -0.4 is 10.6 Å². The first-order valence-corrected chi connectivity index (χ1v) is 6.29. The minimum Gasteiger partial charge on any atom is -0.344 e. The lowest BCUT2D eigenvalue weighted by Gasteiger charge is -2.21. The average molecular weight is 291 g/mol. The van der Waals surface area contributed by atoms with E-state index in [1.54, 1.807) is 0 Å². The number of hydrogen-bond acceptors (Lipinski definition) is 2. The van der Waals surface area contributed by atoms with Gasteiger partial charge in [0.2, 0.25) is 0 Å². The van der Waals surface area contributed by atoms with Crippen molar-refractivity contribution in [3.05, 3.63) is 58.6 Å². The van der Waals surface area contributed by atoms with Gasteiger partial charge in [-0.2, -0.15) is 0 Å². The number of rotatable bonds is 3. The second-order valence-electron chi connectivity index (χ2n) is 3.88. The summed E-state index contributed by atoms with van der Waals surface area (Å²) in [5, 5.41) is 0. The molecule has 0 amide bonds. The average Bonchev–Trinajstić information content (AvgIpc) is 2.39. The number of halogens is 1. The molecule has 2 aromatic carbocycles. The zero-order valence-corrected chi connectivity index (χ0v) is 11.3. The minimum atomic E-state index is 0.582. The molecule has 0 aliphatic heterocycles. The van der Waals surface area contributed by atoms with Gasteiger partial charge in [-0.3, -0.25) is 0 Å². The van der Waals surface area contributed by atoms with E-state index in [2.05, 4.69) is 58.2 Å². The second-order valence-corrected chi connectivity index (χ2v) is 4.74. The molecule has 2 rings (SSSR count). The Kier molecular flexibility index (Phi) is 3.82. The van der Waals surface area contributed by atoms with Gasteiger partial charge in [-0.1, -0.05) is 24.3 Å². The third-order valence-corrected chi connectivity index (χ3v) is 3.44. The lowest BCUT2D eigenvalue weighted by atomic mass is 10.2. The minimum absolute atomic E-state index is 0.582. The van der Waals surface area contributed by atoms with Crippen molar-refractivity contribution >= 4 is 27.3 Å². The molecule has 88 valence electrons. The number of anilines is 2. The lowest BCUT2D eigenvalue weighted by molar-refractivity contribution is 1.07. The standard InChI is InChI=1S/C14H15BrN2/c1-17(14-5-3-2-4-13(14)15)12-8-6-11(10-16)7-9-12/h2-9H,10,16H2,1H3. The van der Waals surface area contributed by atoms with Crippen LogP contribution in [-0.2, 0) is 6.54 Å². The summed E-state index contributed by atoms with van der Waals surface area (Å²) >= 11 is 3.56. The summed E-state index contributed by atoms with van der Waals surface area (Å²) < 4.78 is 1.09. The fourth-order valence-electron chi connectivity index (χ4n) is 1.72. The van der Waals surface area contributed by atoms with Crippen molar-refractivity contribution in [2.75, 3.05) is 11.9 Å². The molecule has 0 unspecified atom stereocenters. The molecule has 17 heavy (non-hydrogen) atoms. The molecule has 0 radical (unpaired) electrons. The van der Waals surface area contributed by atoms with Gasteiger partial charge >= 0.3 is 0 Å². The van der Waals surface area contributed by atoms with E-state index in [9.17, 15) is 0 Å². The van der Waals surface area contributed by atoms with Gasteiger partial charge < -0.3 is 10.6 Å². The van der Waals surface area contributed by atoms with Crippen molar-refractivity contribution < 1.29 is 0 Å². The normalized spacial score (nSPS) is 10.3. The van der Waals surface area contributed by atoms with E-state index < -0.39 is 0 Å². The highest BCUT2D eigenvalue weighted by Crippen LogP contribution is 2.30. The summed E-state index contributed by atoms with van der Waals surface area (Å²) in [5.41, 5.74) is 9.03. The van der Waals surface area contributed by atoms with E-state index in [-0.39, 0.29) is 0 Å². The Morgan fingerprint density at radius 1 is 1.06 bits per heavy atom. The van der Waals surface area contributed by atoms with Crippen LogP contribution in [0.25, 0.3) is 0 Å². The van der Waals surface area contributed by atoms with Gasteiger partial charge in [-0.05, 0) is 45.8 Å². The van der Waals surface area contributed by atoms with Crippen LogP contribution in [0.2, 0.25) is 0 Å². The largest absolute Gasteiger partial charge is 0.344 e. The van der Waals surface area contributed by atoms with E-state index in [0.29, 0.717) is 6.54 Å². The van der Waals surface area contributed by atoms with Crippen molar-refractivity contribution in [3.8, 4) is 0 Å². The number of nitrogens with two attached hydrogens (primary N) is 1. The molecule has 2 N–H and O–H groups in total. The van der Waals surface area contributed by atoms with E-state index in [1.807, 2.05) is 18.2 Å². The molecular weight excluding hydrogens is 276 g/mol. The van der Waals surface area contributed by atoms with Gasteiger partial charge in [0.15, 0.2) is 0 Å². The van der Waals surface area contributed by atoms with E-state index >= 15 is 0 Å². The quantitative estimate of drug-likeness (QED) is 0.934. The molecule has 2 aromatic rings. The third-order valence-electron chi connectivity index (χ3n) is 2.77. The maximum absolute atomic E-state index is 5.59. The Morgan fingerprint density at radius 3 is 2.29 bits per heavy atom. The first-order chi connectivity index (χ1) is 8.22. The highest BCUT2D eigenvalue weighted by atomic mass is 79.9. The van der Waals surface area contributed by atoms with Crippen LogP contribution >= 0.6 is 15.9 Å². The third kappa shape index (κ3) is 2.68. The zero-order valence-electron chi connectivity index (χ0n) is 9.73. The lowest BCUT2D eigenvalue weighted by Crippen LogP contribution is -2.10. The number of nitrogens with zero attached hydrogens (tertiary/aromatic N) is 1. The van der Waals surface area contributed by atoms with Crippen molar-refractivity contribution in [2.45, 2.75) is 6.54 Å². The van der Waals surface area contributed by atoms with Crippen LogP contribution in [-0.4, -0.2) is 7.05 Å². The zero-order chi connectivity index (χ0) is 12.3. The van der Waals surface area contributed by atoms with E-state index in [1.165, 1.54) is 0 Å². The highest BCUT2D eigenvalue weighted by Gasteiger charge is 2.06. The predicted molar refractivity (Wildman–Crippen MR) is 76.5 cm³/mol. The molecule has 0 fully saturated rings. The van der Waals surface area contributed by atoms with Gasteiger partial charge in [-0.25, -0.2) is 0 Å². The number of hydrogen-bond donors (Lipinski definition) is 1. The second kappa shape index (κ2) is 5.34. The monoisotopic (exact) mass is 290 g/mol. The van der Waals surface area contributed by atoms with Crippen LogP contribution in [0.5, 0.6) is 0 Å². The molecule has 0 heterocycles. The smallest absolute Gasteiger partial charge is 0.0552 e. The molecule has 0 aliphatic carbocycles. The Hall–Kier alpha value is -1.32. The topological polar surface area (TPSA) is 29.3 Å². The molecular formula is C14H15BrN2. The summed E-state index contributed by atoms with van der Waals surface area (Å²) in [6, 6.07) is 16.5. The molecule has 0 atom stereocenters. The fourth-order valence-corrected chi connectivity index (χ4v) is 2.27. The molecule has 0 aliphatic rings. The van der Waals surface area contributed by atoms with Crippen molar-refractivity contribution in [1.29, 1.82) is 0 Å².